The van der Waals surface area contributed by atoms with E-state index >= 15 is 0 Å². The second-order valence-corrected chi connectivity index (χ2v) is 6.63. The molecule has 4 rings (SSSR count). The van der Waals surface area contributed by atoms with Gasteiger partial charge in [0.2, 0.25) is 0 Å². The van der Waals surface area contributed by atoms with Gasteiger partial charge < -0.3 is 9.72 Å². The van der Waals surface area contributed by atoms with Gasteiger partial charge in [0.05, 0.1) is 13.2 Å². The Balaban J connectivity index is 1.43. The number of nitrogens with one attached hydrogen (secondary N) is 1. The number of nitrogens with zero attached hydrogens (tertiary/aromatic N) is 2. The van der Waals surface area contributed by atoms with E-state index in [2.05, 4.69) is 51.3 Å². The Labute approximate surface area is 142 Å². The molecule has 1 atom stereocenters. The van der Waals surface area contributed by atoms with Gasteiger partial charge in [-0.05, 0) is 59.2 Å². The Morgan fingerprint density at radius 1 is 1.12 bits per heavy atom. The highest BCUT2D eigenvalue weighted by Gasteiger charge is 2.19. The summed E-state index contributed by atoms with van der Waals surface area (Å²) in [6, 6.07) is 13.0. The summed E-state index contributed by atoms with van der Waals surface area (Å²) in [7, 11) is 0. The molecule has 3 heterocycles. The molecule has 0 amide bonds. The molecule has 4 heteroatoms. The van der Waals surface area contributed by atoms with Crippen molar-refractivity contribution in [1.82, 2.24) is 14.9 Å². The summed E-state index contributed by atoms with van der Waals surface area (Å²) in [5, 5.41) is 1.29. The quantitative estimate of drug-likeness (QED) is 0.802. The Morgan fingerprint density at radius 2 is 2.04 bits per heavy atom. The van der Waals surface area contributed by atoms with Gasteiger partial charge >= 0.3 is 0 Å². The van der Waals surface area contributed by atoms with Crippen LogP contribution in [0.15, 0.2) is 55.0 Å². The molecule has 0 aliphatic carbocycles. The molecule has 0 saturated carbocycles. The molecule has 0 spiro atoms. The minimum absolute atomic E-state index is 0.533. The third kappa shape index (κ3) is 3.66. The molecule has 124 valence electrons. The number of fused-ring (bicyclic) bond motifs is 1. The fourth-order valence-electron chi connectivity index (χ4n) is 3.53. The topological polar surface area (TPSA) is 41.1 Å². The second kappa shape index (κ2) is 7.16. The SMILES string of the molecule is c1cc(CN2CCOCC(Cc3ccc4[nH]ccc4c3)C2)ccn1. The largest absolute Gasteiger partial charge is 0.380 e. The van der Waals surface area contributed by atoms with E-state index in [1.165, 1.54) is 22.0 Å². The van der Waals surface area contributed by atoms with Gasteiger partial charge in [0.25, 0.3) is 0 Å². The van der Waals surface area contributed by atoms with Crippen LogP contribution in [0.3, 0.4) is 0 Å². The van der Waals surface area contributed by atoms with Crippen molar-refractivity contribution in [2.45, 2.75) is 13.0 Å². The van der Waals surface area contributed by atoms with Gasteiger partial charge in [-0.15, -0.1) is 0 Å². The fraction of sp³-hybridized carbons (Fsp3) is 0.350. The third-order valence-corrected chi connectivity index (χ3v) is 4.72. The van der Waals surface area contributed by atoms with Crippen molar-refractivity contribution < 1.29 is 4.74 Å². The molecule has 1 aliphatic heterocycles. The van der Waals surface area contributed by atoms with Crippen LogP contribution in [0.25, 0.3) is 10.9 Å². The predicted octanol–water partition coefficient (Wildman–Crippen LogP) is 3.25. The van der Waals surface area contributed by atoms with Crippen LogP contribution in [0.4, 0.5) is 0 Å². The van der Waals surface area contributed by atoms with Crippen LogP contribution in [-0.2, 0) is 17.7 Å². The van der Waals surface area contributed by atoms with Crippen LogP contribution < -0.4 is 0 Å². The zero-order valence-electron chi connectivity index (χ0n) is 13.8. The molecule has 1 unspecified atom stereocenters. The van der Waals surface area contributed by atoms with Crippen LogP contribution in [-0.4, -0.2) is 41.2 Å². The molecular weight excluding hydrogens is 298 g/mol. The maximum absolute atomic E-state index is 5.86. The number of hydrogen-bond acceptors (Lipinski definition) is 3. The lowest BCUT2D eigenvalue weighted by Gasteiger charge is -2.23. The van der Waals surface area contributed by atoms with Crippen LogP contribution in [0.2, 0.25) is 0 Å². The van der Waals surface area contributed by atoms with E-state index in [9.17, 15) is 0 Å². The zero-order valence-corrected chi connectivity index (χ0v) is 13.8. The summed E-state index contributed by atoms with van der Waals surface area (Å²) in [4.78, 5) is 9.86. The van der Waals surface area contributed by atoms with E-state index in [0.29, 0.717) is 5.92 Å². The fourth-order valence-corrected chi connectivity index (χ4v) is 3.53. The molecule has 3 aromatic rings. The average Bonchev–Trinajstić information content (AvgIpc) is 2.96. The number of rotatable bonds is 4. The zero-order chi connectivity index (χ0) is 16.2. The van der Waals surface area contributed by atoms with Crippen molar-refractivity contribution in [3.63, 3.8) is 0 Å². The molecule has 0 bridgehead atoms. The van der Waals surface area contributed by atoms with Crippen LogP contribution in [0.5, 0.6) is 0 Å². The first-order valence-electron chi connectivity index (χ1n) is 8.62. The number of aromatic nitrogens is 2. The first kappa shape index (κ1) is 15.4. The molecule has 0 radical (unpaired) electrons. The molecule has 2 aromatic heterocycles. The molecule has 1 aromatic carbocycles. The van der Waals surface area contributed by atoms with E-state index in [0.717, 1.165) is 39.3 Å². The summed E-state index contributed by atoms with van der Waals surface area (Å²) in [5.74, 6) is 0.533. The maximum atomic E-state index is 5.86. The standard InChI is InChI=1S/C20H23N3O/c1-2-20-19(5-8-22-20)12-17(1)11-18-14-23(9-10-24-15-18)13-16-3-6-21-7-4-16/h1-8,12,18,22H,9-11,13-15H2. The lowest BCUT2D eigenvalue weighted by Crippen LogP contribution is -2.30. The summed E-state index contributed by atoms with van der Waals surface area (Å²) in [6.07, 6.45) is 6.80. The number of pyridine rings is 1. The van der Waals surface area contributed by atoms with Crippen molar-refractivity contribution in [3.8, 4) is 0 Å². The number of ether oxygens (including phenoxy) is 1. The normalized spacial score (nSPS) is 19.4. The van der Waals surface area contributed by atoms with Crippen LogP contribution >= 0.6 is 0 Å². The number of hydrogen-bond donors (Lipinski definition) is 1. The third-order valence-electron chi connectivity index (χ3n) is 4.72. The van der Waals surface area contributed by atoms with Gasteiger partial charge in [0, 0.05) is 43.7 Å². The monoisotopic (exact) mass is 321 g/mol. The minimum Gasteiger partial charge on any atom is -0.380 e. The Kier molecular flexibility index (Phi) is 4.58. The molecule has 1 saturated heterocycles. The van der Waals surface area contributed by atoms with Gasteiger partial charge in [-0.1, -0.05) is 6.07 Å². The Hall–Kier alpha value is -2.17. The summed E-state index contributed by atoms with van der Waals surface area (Å²) in [5.41, 5.74) is 3.91. The number of benzene rings is 1. The van der Waals surface area contributed by atoms with Crippen molar-refractivity contribution in [1.29, 1.82) is 0 Å². The highest BCUT2D eigenvalue weighted by atomic mass is 16.5. The van der Waals surface area contributed by atoms with E-state index in [-0.39, 0.29) is 0 Å². The molecule has 24 heavy (non-hydrogen) atoms. The van der Waals surface area contributed by atoms with Gasteiger partial charge in [0.15, 0.2) is 0 Å². The van der Waals surface area contributed by atoms with Crippen molar-refractivity contribution >= 4 is 10.9 Å². The van der Waals surface area contributed by atoms with Crippen LogP contribution in [0, 0.1) is 5.92 Å². The maximum Gasteiger partial charge on any atom is 0.0593 e. The Bertz CT molecular complexity index is 784. The summed E-state index contributed by atoms with van der Waals surface area (Å²) >= 11 is 0. The predicted molar refractivity (Wildman–Crippen MR) is 95.8 cm³/mol. The average molecular weight is 321 g/mol. The summed E-state index contributed by atoms with van der Waals surface area (Å²) in [6.45, 7) is 4.71. The minimum atomic E-state index is 0.533. The lowest BCUT2D eigenvalue weighted by molar-refractivity contribution is 0.121. The highest BCUT2D eigenvalue weighted by Crippen LogP contribution is 2.19. The van der Waals surface area contributed by atoms with Gasteiger partial charge in [0.1, 0.15) is 0 Å². The van der Waals surface area contributed by atoms with Gasteiger partial charge in [-0.3, -0.25) is 9.88 Å². The van der Waals surface area contributed by atoms with Crippen molar-refractivity contribution in [2.75, 3.05) is 26.3 Å². The summed E-state index contributed by atoms with van der Waals surface area (Å²) < 4.78 is 5.86. The van der Waals surface area contributed by atoms with E-state index in [4.69, 9.17) is 4.74 Å². The van der Waals surface area contributed by atoms with E-state index in [1.54, 1.807) is 0 Å². The van der Waals surface area contributed by atoms with E-state index in [1.807, 2.05) is 18.6 Å². The molecule has 1 aliphatic rings. The van der Waals surface area contributed by atoms with Gasteiger partial charge in [-0.2, -0.15) is 0 Å². The smallest absolute Gasteiger partial charge is 0.0593 e. The van der Waals surface area contributed by atoms with E-state index < -0.39 is 0 Å². The van der Waals surface area contributed by atoms with Gasteiger partial charge in [-0.25, -0.2) is 0 Å². The molecule has 1 N–H and O–H groups in total. The Morgan fingerprint density at radius 3 is 2.96 bits per heavy atom. The first-order valence-corrected chi connectivity index (χ1v) is 8.62. The lowest BCUT2D eigenvalue weighted by atomic mass is 9.98. The second-order valence-electron chi connectivity index (χ2n) is 6.63. The first-order chi connectivity index (χ1) is 11.9. The van der Waals surface area contributed by atoms with Crippen LogP contribution in [0.1, 0.15) is 11.1 Å². The molecular formula is C20H23N3O. The molecule has 1 fully saturated rings. The highest BCUT2D eigenvalue weighted by molar-refractivity contribution is 5.79. The van der Waals surface area contributed by atoms with Crippen molar-refractivity contribution in [3.05, 3.63) is 66.1 Å². The molecule has 4 nitrogen and oxygen atoms in total. The number of aromatic amines is 1. The van der Waals surface area contributed by atoms with Crippen molar-refractivity contribution in [2.24, 2.45) is 5.92 Å². The number of H-pyrrole nitrogens is 1.